The van der Waals surface area contributed by atoms with E-state index in [1.165, 1.54) is 161 Å². The van der Waals surface area contributed by atoms with Gasteiger partial charge in [0.15, 0.2) is 0 Å². The lowest BCUT2D eigenvalue weighted by molar-refractivity contribution is 0.0617. The predicted octanol–water partition coefficient (Wildman–Crippen LogP) is 24.9. The highest BCUT2D eigenvalue weighted by atomic mass is 31.1. The van der Waals surface area contributed by atoms with Gasteiger partial charge in [-0.3, -0.25) is 0 Å². The Morgan fingerprint density at radius 2 is 0.429 bits per heavy atom. The number of rotatable bonds is 32. The molecule has 10 aliphatic rings. The van der Waals surface area contributed by atoms with E-state index in [0.717, 1.165) is 135 Å². The summed E-state index contributed by atoms with van der Waals surface area (Å²) in [6, 6.07) is 0. The van der Waals surface area contributed by atoms with E-state index in [9.17, 15) is 41.1 Å². The third kappa shape index (κ3) is 70.8. The van der Waals surface area contributed by atoms with Crippen molar-refractivity contribution in [2.24, 2.45) is 0 Å². The normalized spacial score (nSPS) is 19.9. The van der Waals surface area contributed by atoms with Crippen LogP contribution < -0.4 is 0 Å². The molecular weight excluding hydrogens is 1580 g/mol. The molecule has 10 rings (SSSR count). The molecule has 10 saturated carbocycles. The van der Waals surface area contributed by atoms with Crippen LogP contribution in [0.5, 0.6) is 0 Å². The van der Waals surface area contributed by atoms with Crippen LogP contribution in [-0.2, 0) is 123 Å². The van der Waals surface area contributed by atoms with Crippen molar-refractivity contribution in [2.75, 3.05) is 40.1 Å². The van der Waals surface area contributed by atoms with E-state index in [2.05, 4.69) is 27.1 Å². The van der Waals surface area contributed by atoms with Gasteiger partial charge in [0.2, 0.25) is 0 Å². The molecule has 5 unspecified atom stereocenters. The van der Waals surface area contributed by atoms with Crippen molar-refractivity contribution < 1.29 is 127 Å². The summed E-state index contributed by atoms with van der Waals surface area (Å²) >= 11 is 0. The maximum absolute atomic E-state index is 12.1. The fourth-order valence-corrected chi connectivity index (χ4v) is 16.7. The van der Waals surface area contributed by atoms with Crippen molar-refractivity contribution in [1.82, 2.24) is 0 Å². The maximum Gasteiger partial charge on any atom is 0.697 e. The quantitative estimate of drug-likeness (QED) is 0.0371. The highest BCUT2D eigenvalue weighted by Crippen LogP contribution is 2.43. The minimum atomic E-state index is -1.92. The molecular formula is C66H134O28P11+11. The molecule has 0 saturated heterocycles. The highest BCUT2D eigenvalue weighted by molar-refractivity contribution is 7.34. The van der Waals surface area contributed by atoms with Gasteiger partial charge in [-0.1, -0.05) is 148 Å². The minimum Gasteiger partial charge on any atom is -0.162 e. The third-order valence-corrected chi connectivity index (χ3v) is 24.1. The SMILES string of the molecule is CCCO[PH+]=O.CCO[P+](=O)OCC.CCO[PH+]=O.CCO[PH+]=O.CO[PH+]=O.O=[P+](OC1CC1)OC1CC1.O=[P+](OC1CCC1)OC1CCC1.O=[P+](OC1CCCC1)OC1CCCC1.O=[P+](OC1CCCCCC1)OC1CCCCCC1.O=[P+](OC1CCCCCCC1)OC1CCCCCCC1.O=[PH+]O. The Hall–Kier alpha value is 0.420. The van der Waals surface area contributed by atoms with Crippen LogP contribution in [0.1, 0.15) is 324 Å². The van der Waals surface area contributed by atoms with Crippen LogP contribution in [0.25, 0.3) is 0 Å². The first-order valence-electron chi connectivity index (χ1n) is 38.8. The van der Waals surface area contributed by atoms with Crippen molar-refractivity contribution >= 4 is 93.0 Å². The van der Waals surface area contributed by atoms with Gasteiger partial charge in [-0.05, 0) is 198 Å². The van der Waals surface area contributed by atoms with Crippen LogP contribution in [0.15, 0.2) is 0 Å². The second-order valence-corrected chi connectivity index (χ2v) is 33.5. The van der Waals surface area contributed by atoms with E-state index in [-0.39, 0.29) is 61.0 Å². The van der Waals surface area contributed by atoms with Crippen LogP contribution >= 0.6 is 93.0 Å². The van der Waals surface area contributed by atoms with Crippen LogP contribution in [-0.4, -0.2) is 106 Å². The maximum atomic E-state index is 12.1. The lowest BCUT2D eigenvalue weighted by Crippen LogP contribution is -2.22. The third-order valence-electron chi connectivity index (χ3n) is 17.1. The van der Waals surface area contributed by atoms with Crippen molar-refractivity contribution in [3.63, 3.8) is 0 Å². The highest BCUT2D eigenvalue weighted by Gasteiger charge is 2.41. The van der Waals surface area contributed by atoms with Gasteiger partial charge >= 0.3 is 93.0 Å². The lowest BCUT2D eigenvalue weighted by atomic mass is 9.97. The second-order valence-electron chi connectivity index (χ2n) is 26.1. The standard InChI is InChI=1S/C16H30O3P.C14H26O3P.C10H18O3P.C8H14O3P.C6H10O3P.C4H10O3P.C3H8O2P.2C2H6O2P.CH4O2P.HO2P/c17-20(18-15-11-7-3-1-4-8-12-15)19-16-13-9-5-2-6-10-14-16;15-18(16-13-9-5-1-2-6-10-13)17-14-11-7-3-4-8-12-14;11-14(12-9-5-1-2-6-9)13-10-7-3-4-8-10;9-12(10-7-3-1-4-7)11-8-5-2-6-8;7-10(8-5-1-2-5)9-6-3-4-6;1-3-6-8(5)7-4-2;1-2-3-5-6-4;2*1-2-4-5-3;1-3-4-2;1-3-2/h15-16H,1-14H2;13-14H,1-12H2;9-10H,1-8H2;7-8H,1-6H2;5-6H,1-4H2;3-4H2,1-2H3;6H,2-3H2,1H3;2*5H,2H2,1H3;4H,1H3;3H/q10*+1;/p+1. The Labute approximate surface area is 641 Å². The first kappa shape index (κ1) is 105. The average Bonchev–Trinajstić information content (AvgIpc) is 1.91. The number of hydrogen-bond donors (Lipinski definition) is 1. The van der Waals surface area contributed by atoms with E-state index in [1.54, 1.807) is 27.7 Å². The van der Waals surface area contributed by atoms with Crippen molar-refractivity contribution in [2.45, 2.75) is 385 Å². The molecule has 1 N–H and O–H groups in total. The molecule has 10 fully saturated rings. The van der Waals surface area contributed by atoms with Gasteiger partial charge in [-0.25, -0.2) is 0 Å². The fourth-order valence-electron chi connectivity index (χ4n) is 10.9. The van der Waals surface area contributed by atoms with Gasteiger partial charge in [0.05, 0.1) is 20.3 Å². The van der Waals surface area contributed by atoms with Crippen LogP contribution in [0.3, 0.4) is 0 Å². The number of hydrogen-bond acceptors (Lipinski definition) is 27. The van der Waals surface area contributed by atoms with Crippen LogP contribution in [0, 0.1) is 0 Å². The molecule has 0 bridgehead atoms. The molecule has 0 aromatic carbocycles. The van der Waals surface area contributed by atoms with E-state index in [1.807, 2.05) is 6.92 Å². The first-order valence-corrected chi connectivity index (χ1v) is 49.5. The Morgan fingerprint density at radius 3 is 0.543 bits per heavy atom. The van der Waals surface area contributed by atoms with E-state index >= 15 is 0 Å². The second kappa shape index (κ2) is 78.3. The Bertz CT molecular complexity index is 2030. The molecule has 610 valence electrons. The van der Waals surface area contributed by atoms with Crippen molar-refractivity contribution in [1.29, 1.82) is 0 Å². The monoisotopic (exact) mass is 1720 g/mol. The smallest absolute Gasteiger partial charge is 0.162 e. The topological polar surface area (TPSA) is 356 Å². The molecule has 39 heteroatoms. The summed E-state index contributed by atoms with van der Waals surface area (Å²) in [5, 5.41) is 0. The summed E-state index contributed by atoms with van der Waals surface area (Å²) < 4.78 is 193. The Balaban J connectivity index is 0.00000118. The van der Waals surface area contributed by atoms with Crippen molar-refractivity contribution in [3.05, 3.63) is 0 Å². The van der Waals surface area contributed by atoms with Crippen molar-refractivity contribution in [3.8, 4) is 0 Å². The molecule has 0 aromatic heterocycles. The Morgan fingerprint density at radius 1 is 0.257 bits per heavy atom. The summed E-state index contributed by atoms with van der Waals surface area (Å²) in [6.45, 7) is 11.7. The molecule has 105 heavy (non-hydrogen) atoms. The zero-order valence-electron chi connectivity index (χ0n) is 63.8. The van der Waals surface area contributed by atoms with E-state index in [0.29, 0.717) is 33.0 Å². The van der Waals surface area contributed by atoms with Gasteiger partial charge in [-0.15, -0.1) is 67.9 Å². The van der Waals surface area contributed by atoms with E-state index < -0.39 is 93.0 Å². The minimum absolute atomic E-state index is 0.160. The molecule has 0 aliphatic heterocycles. The van der Waals surface area contributed by atoms with Crippen LogP contribution in [0.2, 0.25) is 0 Å². The molecule has 0 amide bonds. The summed E-state index contributed by atoms with van der Waals surface area (Å²) in [5.74, 6) is 0. The molecule has 5 atom stereocenters. The molecule has 28 nitrogen and oxygen atoms in total. The lowest BCUT2D eigenvalue weighted by Gasteiger charge is -2.21. The van der Waals surface area contributed by atoms with Gasteiger partial charge in [0, 0.05) is 27.4 Å². The molecule has 0 heterocycles. The summed E-state index contributed by atoms with van der Waals surface area (Å²) in [6.07, 6.45) is 53.8. The predicted molar refractivity (Wildman–Crippen MR) is 414 cm³/mol. The van der Waals surface area contributed by atoms with Gasteiger partial charge in [-0.2, -0.15) is 9.42 Å². The Kier molecular flexibility index (Phi) is 78.6. The first-order chi connectivity index (χ1) is 51.1. The molecule has 0 radical (unpaired) electrons. The van der Waals surface area contributed by atoms with Gasteiger partial charge < -0.3 is 0 Å². The molecule has 0 aromatic rings. The largest absolute Gasteiger partial charge is 0.697 e. The van der Waals surface area contributed by atoms with Crippen LogP contribution in [0.4, 0.5) is 0 Å². The van der Waals surface area contributed by atoms with E-state index in [4.69, 9.17) is 59.3 Å². The zero-order chi connectivity index (χ0) is 77.4. The molecule has 0 spiro atoms. The summed E-state index contributed by atoms with van der Waals surface area (Å²) in [4.78, 5) is 7.04. The molecule has 10 aliphatic carbocycles. The van der Waals surface area contributed by atoms with Gasteiger partial charge in [0.1, 0.15) is 80.9 Å². The summed E-state index contributed by atoms with van der Waals surface area (Å²) in [7, 11) is -13.3. The average molecular weight is 1720 g/mol. The summed E-state index contributed by atoms with van der Waals surface area (Å²) in [5.41, 5.74) is 0. The fraction of sp³-hybridized carbons (Fsp3) is 1.00. The zero-order valence-corrected chi connectivity index (χ0v) is 74.1. The van der Waals surface area contributed by atoms with Gasteiger partial charge in [0.25, 0.3) is 0 Å².